The van der Waals surface area contributed by atoms with Gasteiger partial charge in [0, 0.05) is 0 Å². The minimum atomic E-state index is -0.250. The molecular formula is C18H24O3. The Morgan fingerprint density at radius 3 is 2.29 bits per heavy atom. The molecule has 114 valence electrons. The zero-order valence-corrected chi connectivity index (χ0v) is 13.3. The Labute approximate surface area is 127 Å². The Morgan fingerprint density at radius 1 is 1.19 bits per heavy atom. The molecule has 0 amide bonds. The maximum Gasteiger partial charge on any atom is 0.307 e. The van der Waals surface area contributed by atoms with Gasteiger partial charge in [0.1, 0.15) is 5.75 Å². The van der Waals surface area contributed by atoms with Crippen LogP contribution < -0.4 is 4.74 Å². The lowest BCUT2D eigenvalue weighted by Gasteiger charge is -2.16. The van der Waals surface area contributed by atoms with Gasteiger partial charge in [-0.15, -0.1) is 5.92 Å². The molecule has 1 aromatic rings. The van der Waals surface area contributed by atoms with Crippen LogP contribution in [0.25, 0.3) is 0 Å². The fraction of sp³-hybridized carbons (Fsp3) is 0.500. The third-order valence-electron chi connectivity index (χ3n) is 3.41. The van der Waals surface area contributed by atoms with Crippen molar-refractivity contribution in [1.82, 2.24) is 0 Å². The van der Waals surface area contributed by atoms with Crippen LogP contribution >= 0.6 is 0 Å². The van der Waals surface area contributed by atoms with Gasteiger partial charge in [0.05, 0.1) is 25.6 Å². The molecule has 1 aromatic carbocycles. The van der Waals surface area contributed by atoms with E-state index in [1.54, 1.807) is 6.92 Å². The van der Waals surface area contributed by atoms with E-state index in [1.165, 1.54) is 7.11 Å². The van der Waals surface area contributed by atoms with E-state index in [0.29, 0.717) is 0 Å². The van der Waals surface area contributed by atoms with E-state index in [1.807, 2.05) is 24.3 Å². The van der Waals surface area contributed by atoms with Crippen molar-refractivity contribution in [2.75, 3.05) is 7.11 Å². The molecule has 0 aromatic heterocycles. The molecule has 0 saturated heterocycles. The van der Waals surface area contributed by atoms with Crippen molar-refractivity contribution in [2.45, 2.75) is 52.1 Å². The highest BCUT2D eigenvalue weighted by atomic mass is 16.5. The molecule has 0 aliphatic rings. The maximum atomic E-state index is 11.4. The van der Waals surface area contributed by atoms with Crippen molar-refractivity contribution >= 4 is 5.97 Å². The highest BCUT2D eigenvalue weighted by Crippen LogP contribution is 2.23. The van der Waals surface area contributed by atoms with Gasteiger partial charge in [0.15, 0.2) is 0 Å². The summed E-state index contributed by atoms with van der Waals surface area (Å²) >= 11 is 0. The zero-order chi connectivity index (χ0) is 15.7. The van der Waals surface area contributed by atoms with Gasteiger partial charge in [-0.2, -0.15) is 0 Å². The van der Waals surface area contributed by atoms with E-state index in [-0.39, 0.29) is 24.4 Å². The number of ether oxygens (including phenoxy) is 2. The molecule has 0 heterocycles. The summed E-state index contributed by atoms with van der Waals surface area (Å²) in [4.78, 5) is 11.4. The molecule has 0 radical (unpaired) electrons. The standard InChI is InChI=1S/C18H24O3/c1-5-8-15(13-18(19)20-4)14-9-11-17(12-10-14)21-16(6-2)7-3/h9-12,15-16H,6-7,13H2,1-4H3/t15-/m0/s1. The van der Waals surface area contributed by atoms with Crippen LogP contribution in [0.15, 0.2) is 24.3 Å². The predicted octanol–water partition coefficient (Wildman–Crippen LogP) is 3.92. The Bertz CT molecular complexity index is 489. The first kappa shape index (κ1) is 17.1. The summed E-state index contributed by atoms with van der Waals surface area (Å²) in [5.74, 6) is 6.40. The summed E-state index contributed by atoms with van der Waals surface area (Å²) < 4.78 is 10.6. The van der Waals surface area contributed by atoms with Crippen LogP contribution in [0.1, 0.15) is 51.5 Å². The number of carbonyl (C=O) groups excluding carboxylic acids is 1. The lowest BCUT2D eigenvalue weighted by molar-refractivity contribution is -0.140. The van der Waals surface area contributed by atoms with Crippen LogP contribution in [0.4, 0.5) is 0 Å². The molecule has 0 fully saturated rings. The van der Waals surface area contributed by atoms with Gasteiger partial charge in [0.25, 0.3) is 0 Å². The number of esters is 1. The fourth-order valence-corrected chi connectivity index (χ4v) is 2.10. The van der Waals surface area contributed by atoms with Gasteiger partial charge < -0.3 is 9.47 Å². The molecule has 0 aliphatic carbocycles. The van der Waals surface area contributed by atoms with Crippen molar-refractivity contribution in [1.29, 1.82) is 0 Å². The molecule has 0 bridgehead atoms. The molecule has 21 heavy (non-hydrogen) atoms. The van der Waals surface area contributed by atoms with Gasteiger partial charge >= 0.3 is 5.97 Å². The van der Waals surface area contributed by atoms with Gasteiger partial charge in [-0.05, 0) is 37.5 Å². The van der Waals surface area contributed by atoms with Gasteiger partial charge in [0.2, 0.25) is 0 Å². The van der Waals surface area contributed by atoms with Crippen LogP contribution in [0.3, 0.4) is 0 Å². The molecular weight excluding hydrogens is 264 g/mol. The average Bonchev–Trinajstić information content (AvgIpc) is 2.52. The van der Waals surface area contributed by atoms with Crippen LogP contribution in [0, 0.1) is 11.8 Å². The normalized spacial score (nSPS) is 11.5. The van der Waals surface area contributed by atoms with Crippen molar-refractivity contribution in [3.05, 3.63) is 29.8 Å². The second-order valence-electron chi connectivity index (χ2n) is 4.85. The molecule has 3 nitrogen and oxygen atoms in total. The lowest BCUT2D eigenvalue weighted by Crippen LogP contribution is -2.13. The van der Waals surface area contributed by atoms with Crippen LogP contribution in [-0.4, -0.2) is 19.2 Å². The number of hydrogen-bond acceptors (Lipinski definition) is 3. The summed E-state index contributed by atoms with van der Waals surface area (Å²) in [6, 6.07) is 7.82. The molecule has 0 saturated carbocycles. The van der Waals surface area contributed by atoms with E-state index < -0.39 is 0 Å². The number of hydrogen-bond donors (Lipinski definition) is 0. The fourth-order valence-electron chi connectivity index (χ4n) is 2.10. The summed E-state index contributed by atoms with van der Waals surface area (Å²) in [6.07, 6.45) is 2.50. The summed E-state index contributed by atoms with van der Waals surface area (Å²) in [5, 5.41) is 0. The molecule has 1 atom stereocenters. The minimum Gasteiger partial charge on any atom is -0.490 e. The number of rotatable bonds is 7. The van der Waals surface area contributed by atoms with Crippen LogP contribution in [0.2, 0.25) is 0 Å². The minimum absolute atomic E-state index is 0.135. The monoisotopic (exact) mass is 288 g/mol. The predicted molar refractivity (Wildman–Crippen MR) is 84.3 cm³/mol. The smallest absolute Gasteiger partial charge is 0.307 e. The summed E-state index contributed by atoms with van der Waals surface area (Å²) in [7, 11) is 1.39. The highest BCUT2D eigenvalue weighted by Gasteiger charge is 2.14. The molecule has 1 rings (SSSR count). The Morgan fingerprint density at radius 2 is 1.81 bits per heavy atom. The van der Waals surface area contributed by atoms with E-state index in [0.717, 1.165) is 24.2 Å². The summed E-state index contributed by atoms with van der Waals surface area (Å²) in [5.41, 5.74) is 1.01. The van der Waals surface area contributed by atoms with Gasteiger partial charge in [-0.1, -0.05) is 31.9 Å². The van der Waals surface area contributed by atoms with E-state index in [2.05, 4.69) is 25.7 Å². The van der Waals surface area contributed by atoms with Crippen LogP contribution in [0.5, 0.6) is 5.75 Å². The molecule has 3 heteroatoms. The lowest BCUT2D eigenvalue weighted by atomic mass is 9.96. The van der Waals surface area contributed by atoms with Crippen molar-refractivity contribution < 1.29 is 14.3 Å². The first-order valence-electron chi connectivity index (χ1n) is 7.40. The molecule has 0 N–H and O–H groups in total. The maximum absolute atomic E-state index is 11.4. The second-order valence-corrected chi connectivity index (χ2v) is 4.85. The van der Waals surface area contributed by atoms with Crippen molar-refractivity contribution in [3.63, 3.8) is 0 Å². The first-order chi connectivity index (χ1) is 10.1. The van der Waals surface area contributed by atoms with Crippen molar-refractivity contribution in [3.8, 4) is 17.6 Å². The Kier molecular flexibility index (Phi) is 7.39. The second kappa shape index (κ2) is 9.07. The SMILES string of the molecule is CC#C[C@@H](CC(=O)OC)c1ccc(OC(CC)CC)cc1. The largest absolute Gasteiger partial charge is 0.490 e. The van der Waals surface area contributed by atoms with Gasteiger partial charge in [-0.3, -0.25) is 4.79 Å². The van der Waals surface area contributed by atoms with E-state index in [9.17, 15) is 4.79 Å². The van der Waals surface area contributed by atoms with Crippen molar-refractivity contribution in [2.24, 2.45) is 0 Å². The number of carbonyl (C=O) groups is 1. The zero-order valence-electron chi connectivity index (χ0n) is 13.3. The Hall–Kier alpha value is -1.95. The molecule has 0 spiro atoms. The topological polar surface area (TPSA) is 35.5 Å². The number of benzene rings is 1. The average molecular weight is 288 g/mol. The highest BCUT2D eigenvalue weighted by molar-refractivity contribution is 5.71. The first-order valence-corrected chi connectivity index (χ1v) is 7.40. The summed E-state index contributed by atoms with van der Waals surface area (Å²) in [6.45, 7) is 6.01. The number of methoxy groups -OCH3 is 1. The van der Waals surface area contributed by atoms with Crippen LogP contribution in [-0.2, 0) is 9.53 Å². The van der Waals surface area contributed by atoms with E-state index >= 15 is 0 Å². The Balaban J connectivity index is 2.81. The molecule has 0 unspecified atom stereocenters. The third-order valence-corrected chi connectivity index (χ3v) is 3.41. The van der Waals surface area contributed by atoms with E-state index in [4.69, 9.17) is 9.47 Å². The third kappa shape index (κ3) is 5.51. The molecule has 0 aliphatic heterocycles. The van der Waals surface area contributed by atoms with Gasteiger partial charge in [-0.25, -0.2) is 0 Å². The quantitative estimate of drug-likeness (QED) is 0.563.